The number of allylic oxidation sites excluding steroid dienone is 2. The lowest BCUT2D eigenvalue weighted by Crippen LogP contribution is -2.10. The molecule has 0 aromatic carbocycles. The predicted molar refractivity (Wildman–Crippen MR) is 64.3 cm³/mol. The maximum absolute atomic E-state index is 10.8. The summed E-state index contributed by atoms with van der Waals surface area (Å²) in [5.74, 6) is 0.352. The zero-order chi connectivity index (χ0) is 11.7. The number of rotatable bonds is 6. The maximum Gasteiger partial charge on any atom is 0.222 e. The van der Waals surface area contributed by atoms with Crippen molar-refractivity contribution < 1.29 is 4.79 Å². The third-order valence-electron chi connectivity index (χ3n) is 2.24. The predicted octanol–water partition coefficient (Wildman–Crippen LogP) is 2.96. The third kappa shape index (κ3) is 7.77. The van der Waals surface area contributed by atoms with E-state index in [9.17, 15) is 4.79 Å². The number of hydrogen-bond donors (Lipinski definition) is 1. The molecule has 2 heteroatoms. The molecular formula is C13H21NO. The normalized spacial score (nSPS) is 12.2. The summed E-state index contributed by atoms with van der Waals surface area (Å²) in [5, 5.41) is 0. The van der Waals surface area contributed by atoms with E-state index in [0.717, 1.165) is 18.4 Å². The van der Waals surface area contributed by atoms with Crippen LogP contribution in [-0.4, -0.2) is 5.91 Å². The Balaban J connectivity index is 4.45. The molecule has 0 heterocycles. The van der Waals surface area contributed by atoms with Crippen LogP contribution in [-0.2, 0) is 4.79 Å². The Morgan fingerprint density at radius 1 is 1.53 bits per heavy atom. The van der Waals surface area contributed by atoms with Crippen molar-refractivity contribution in [3.8, 4) is 0 Å². The van der Waals surface area contributed by atoms with Crippen molar-refractivity contribution in [1.82, 2.24) is 0 Å². The van der Waals surface area contributed by atoms with Gasteiger partial charge in [0.15, 0.2) is 0 Å². The van der Waals surface area contributed by atoms with Crippen molar-refractivity contribution in [1.29, 1.82) is 0 Å². The highest BCUT2D eigenvalue weighted by atomic mass is 16.1. The molecular weight excluding hydrogens is 186 g/mol. The SMILES string of the molecule is C/C=C/C(=C=CCC(C)CC)CC(N)=O. The fourth-order valence-corrected chi connectivity index (χ4v) is 1.10. The molecule has 84 valence electrons. The number of carbonyl (C=O) groups is 1. The molecule has 1 amide bonds. The topological polar surface area (TPSA) is 43.1 Å². The van der Waals surface area contributed by atoms with Gasteiger partial charge in [-0.2, -0.15) is 0 Å². The van der Waals surface area contributed by atoms with Crippen LogP contribution in [0.1, 0.15) is 40.0 Å². The van der Waals surface area contributed by atoms with Crippen LogP contribution in [0.25, 0.3) is 0 Å². The molecule has 1 atom stereocenters. The number of hydrogen-bond acceptors (Lipinski definition) is 1. The standard InChI is InChI=1S/C13H21NO/c1-4-7-12(10-13(14)15)9-6-8-11(3)5-2/h4,6-7,11H,5,8,10H2,1-3H3,(H2,14,15)/b7-4+. The van der Waals surface area contributed by atoms with Crippen LogP contribution in [0.5, 0.6) is 0 Å². The smallest absolute Gasteiger partial charge is 0.222 e. The molecule has 0 aromatic rings. The first-order valence-corrected chi connectivity index (χ1v) is 5.45. The van der Waals surface area contributed by atoms with Gasteiger partial charge in [-0.15, -0.1) is 5.73 Å². The van der Waals surface area contributed by atoms with E-state index in [4.69, 9.17) is 5.73 Å². The van der Waals surface area contributed by atoms with Crippen LogP contribution in [0, 0.1) is 5.92 Å². The van der Waals surface area contributed by atoms with Crippen molar-refractivity contribution in [2.24, 2.45) is 11.7 Å². The highest BCUT2D eigenvalue weighted by molar-refractivity contribution is 5.77. The maximum atomic E-state index is 10.8. The van der Waals surface area contributed by atoms with E-state index in [-0.39, 0.29) is 12.3 Å². The molecule has 0 fully saturated rings. The van der Waals surface area contributed by atoms with Gasteiger partial charge < -0.3 is 5.73 Å². The van der Waals surface area contributed by atoms with Crippen LogP contribution in [0.4, 0.5) is 0 Å². The molecule has 0 aliphatic rings. The zero-order valence-electron chi connectivity index (χ0n) is 9.92. The molecule has 0 radical (unpaired) electrons. The molecule has 2 nitrogen and oxygen atoms in total. The lowest BCUT2D eigenvalue weighted by atomic mass is 10.0. The molecule has 0 rings (SSSR count). The molecule has 0 saturated heterocycles. The fourth-order valence-electron chi connectivity index (χ4n) is 1.10. The van der Waals surface area contributed by atoms with Crippen LogP contribution in [0.15, 0.2) is 29.5 Å². The Bertz CT molecular complexity index is 283. The van der Waals surface area contributed by atoms with Gasteiger partial charge in [0, 0.05) is 5.57 Å². The minimum absolute atomic E-state index is 0.265. The van der Waals surface area contributed by atoms with Gasteiger partial charge >= 0.3 is 0 Å². The second kappa shape index (κ2) is 8.07. The fraction of sp³-hybridized carbons (Fsp3) is 0.538. The molecule has 0 aliphatic carbocycles. The third-order valence-corrected chi connectivity index (χ3v) is 2.24. The summed E-state index contributed by atoms with van der Waals surface area (Å²) in [4.78, 5) is 10.8. The van der Waals surface area contributed by atoms with E-state index in [1.54, 1.807) is 0 Å². The Morgan fingerprint density at radius 2 is 2.20 bits per heavy atom. The minimum atomic E-state index is -0.312. The van der Waals surface area contributed by atoms with Crippen molar-refractivity contribution in [2.45, 2.75) is 40.0 Å². The van der Waals surface area contributed by atoms with Gasteiger partial charge in [-0.05, 0) is 25.3 Å². The molecule has 0 aromatic heterocycles. The van der Waals surface area contributed by atoms with Gasteiger partial charge in [0.05, 0.1) is 6.42 Å². The van der Waals surface area contributed by atoms with E-state index < -0.39 is 0 Å². The van der Waals surface area contributed by atoms with E-state index in [1.165, 1.54) is 0 Å². The van der Waals surface area contributed by atoms with E-state index in [2.05, 4.69) is 19.6 Å². The first-order chi connectivity index (χ1) is 7.10. The molecule has 0 bridgehead atoms. The highest BCUT2D eigenvalue weighted by Crippen LogP contribution is 2.07. The summed E-state index contributed by atoms with van der Waals surface area (Å²) in [6.07, 6.45) is 8.18. The molecule has 0 spiro atoms. The first-order valence-electron chi connectivity index (χ1n) is 5.45. The van der Waals surface area contributed by atoms with Gasteiger partial charge in [0.2, 0.25) is 5.91 Å². The van der Waals surface area contributed by atoms with Crippen molar-refractivity contribution in [3.63, 3.8) is 0 Å². The summed E-state index contributed by atoms with van der Waals surface area (Å²) < 4.78 is 0. The number of nitrogens with two attached hydrogens (primary N) is 1. The Kier molecular flexibility index (Phi) is 7.39. The Labute approximate surface area is 92.6 Å². The number of carbonyl (C=O) groups excluding carboxylic acids is 1. The highest BCUT2D eigenvalue weighted by Gasteiger charge is 1.97. The summed E-state index contributed by atoms with van der Waals surface area (Å²) in [7, 11) is 0. The quantitative estimate of drug-likeness (QED) is 0.528. The molecule has 0 aliphatic heterocycles. The lowest BCUT2D eigenvalue weighted by Gasteiger charge is -2.01. The minimum Gasteiger partial charge on any atom is -0.369 e. The van der Waals surface area contributed by atoms with Gasteiger partial charge in [0.25, 0.3) is 0 Å². The Hall–Kier alpha value is -1.27. The molecule has 15 heavy (non-hydrogen) atoms. The van der Waals surface area contributed by atoms with Crippen molar-refractivity contribution in [3.05, 3.63) is 29.5 Å². The van der Waals surface area contributed by atoms with Gasteiger partial charge in [-0.25, -0.2) is 0 Å². The van der Waals surface area contributed by atoms with Crippen LogP contribution >= 0.6 is 0 Å². The van der Waals surface area contributed by atoms with Crippen LogP contribution in [0.3, 0.4) is 0 Å². The van der Waals surface area contributed by atoms with Crippen molar-refractivity contribution in [2.75, 3.05) is 0 Å². The summed E-state index contributed by atoms with van der Waals surface area (Å²) in [6, 6.07) is 0. The van der Waals surface area contributed by atoms with E-state index in [1.807, 2.05) is 25.2 Å². The van der Waals surface area contributed by atoms with E-state index in [0.29, 0.717) is 5.92 Å². The first kappa shape index (κ1) is 13.7. The van der Waals surface area contributed by atoms with Crippen LogP contribution < -0.4 is 5.73 Å². The van der Waals surface area contributed by atoms with Gasteiger partial charge in [0.1, 0.15) is 0 Å². The number of primary amides is 1. The summed E-state index contributed by atoms with van der Waals surface area (Å²) in [6.45, 7) is 6.28. The Morgan fingerprint density at radius 3 is 2.67 bits per heavy atom. The number of amides is 1. The molecule has 2 N–H and O–H groups in total. The average Bonchev–Trinajstić information content (AvgIpc) is 2.16. The monoisotopic (exact) mass is 207 g/mol. The lowest BCUT2D eigenvalue weighted by molar-refractivity contribution is -0.117. The van der Waals surface area contributed by atoms with E-state index >= 15 is 0 Å². The van der Waals surface area contributed by atoms with Crippen molar-refractivity contribution >= 4 is 5.91 Å². The second-order valence-electron chi connectivity index (χ2n) is 3.77. The summed E-state index contributed by atoms with van der Waals surface area (Å²) in [5.41, 5.74) is 9.11. The average molecular weight is 207 g/mol. The van der Waals surface area contributed by atoms with Gasteiger partial charge in [-0.1, -0.05) is 32.4 Å². The van der Waals surface area contributed by atoms with Crippen LogP contribution in [0.2, 0.25) is 0 Å². The summed E-state index contributed by atoms with van der Waals surface area (Å²) >= 11 is 0. The largest absolute Gasteiger partial charge is 0.369 e. The second-order valence-corrected chi connectivity index (χ2v) is 3.77. The molecule has 1 unspecified atom stereocenters. The zero-order valence-corrected chi connectivity index (χ0v) is 9.92. The molecule has 0 saturated carbocycles. The van der Waals surface area contributed by atoms with Gasteiger partial charge in [-0.3, -0.25) is 4.79 Å².